The molecule has 0 radical (unpaired) electrons. The van der Waals surface area contributed by atoms with Crippen LogP contribution in [-0.4, -0.2) is 136 Å². The van der Waals surface area contributed by atoms with Crippen LogP contribution in [0.4, 0.5) is 0 Å². The Morgan fingerprint density at radius 3 is 1.79 bits per heavy atom. The van der Waals surface area contributed by atoms with Crippen molar-refractivity contribution in [3.05, 3.63) is 12.2 Å². The molecule has 3 aliphatic rings. The van der Waals surface area contributed by atoms with Crippen molar-refractivity contribution >= 4 is 29.5 Å². The van der Waals surface area contributed by atoms with Gasteiger partial charge in [0.2, 0.25) is 17.7 Å². The summed E-state index contributed by atoms with van der Waals surface area (Å²) in [5.74, 6) is -0.174. The van der Waals surface area contributed by atoms with Crippen LogP contribution in [0.25, 0.3) is 0 Å². The van der Waals surface area contributed by atoms with Crippen LogP contribution in [0.2, 0.25) is 0 Å². The van der Waals surface area contributed by atoms with Gasteiger partial charge < -0.3 is 34.1 Å². The molecule has 0 spiro atoms. The van der Waals surface area contributed by atoms with Gasteiger partial charge in [0, 0.05) is 64.3 Å². The second kappa shape index (κ2) is 18.6. The van der Waals surface area contributed by atoms with Gasteiger partial charge in [0.25, 0.3) is 11.8 Å². The molecule has 1 aliphatic carbocycles. The third kappa shape index (κ3) is 11.8. The van der Waals surface area contributed by atoms with Crippen LogP contribution >= 0.6 is 0 Å². The standard InChI is InChI=1S/C29H46N4O9/c1-23(34)31-10-12-32(13-11-31)26(35)8-14-39-16-18-41-20-21-42-19-17-40-15-9-30-29(38)25-4-2-24(3-5-25)22-33-27(36)6-7-28(33)37/h6-7,24-25H,2-5,8-22H2,1H3,(H,30,38). The van der Waals surface area contributed by atoms with Crippen LogP contribution in [0.3, 0.4) is 0 Å². The van der Waals surface area contributed by atoms with Crippen molar-refractivity contribution in [3.63, 3.8) is 0 Å². The molecule has 5 amide bonds. The van der Waals surface area contributed by atoms with Crippen molar-refractivity contribution in [2.24, 2.45) is 11.8 Å². The molecular weight excluding hydrogens is 548 g/mol. The van der Waals surface area contributed by atoms with Crippen LogP contribution in [0.1, 0.15) is 39.0 Å². The number of imide groups is 1. The first-order chi connectivity index (χ1) is 20.3. The lowest BCUT2D eigenvalue weighted by molar-refractivity contribution is -0.139. The number of ether oxygens (including phenoxy) is 4. The average Bonchev–Trinajstić information content (AvgIpc) is 3.31. The van der Waals surface area contributed by atoms with Crippen LogP contribution < -0.4 is 5.32 Å². The number of piperazine rings is 1. The van der Waals surface area contributed by atoms with Crippen LogP contribution in [-0.2, 0) is 42.9 Å². The lowest BCUT2D eigenvalue weighted by atomic mass is 9.81. The molecule has 1 saturated heterocycles. The Morgan fingerprint density at radius 1 is 0.738 bits per heavy atom. The van der Waals surface area contributed by atoms with E-state index >= 15 is 0 Å². The average molecular weight is 595 g/mol. The molecule has 2 fully saturated rings. The Labute approximate surface area is 247 Å². The van der Waals surface area contributed by atoms with E-state index in [0.717, 1.165) is 25.7 Å². The van der Waals surface area contributed by atoms with Crippen LogP contribution in [0, 0.1) is 11.8 Å². The Balaban J connectivity index is 1.05. The van der Waals surface area contributed by atoms with Crippen molar-refractivity contribution in [2.75, 3.05) is 92.1 Å². The minimum atomic E-state index is -0.249. The zero-order valence-electron chi connectivity index (χ0n) is 24.8. The predicted octanol–water partition coefficient (Wildman–Crippen LogP) is -0.0188. The molecular formula is C29H46N4O9. The largest absolute Gasteiger partial charge is 0.379 e. The van der Waals surface area contributed by atoms with E-state index in [1.165, 1.54) is 17.1 Å². The van der Waals surface area contributed by atoms with E-state index in [2.05, 4.69) is 5.32 Å². The molecule has 0 aromatic heterocycles. The summed E-state index contributed by atoms with van der Waals surface area (Å²) in [7, 11) is 0. The van der Waals surface area contributed by atoms with E-state index in [-0.39, 0.29) is 41.4 Å². The molecule has 236 valence electrons. The van der Waals surface area contributed by atoms with Crippen LogP contribution in [0.5, 0.6) is 0 Å². The van der Waals surface area contributed by atoms with Gasteiger partial charge in [-0.2, -0.15) is 0 Å². The number of hydrogen-bond donors (Lipinski definition) is 1. The topological polar surface area (TPSA) is 144 Å². The maximum absolute atomic E-state index is 12.4. The first-order valence-electron chi connectivity index (χ1n) is 15.0. The summed E-state index contributed by atoms with van der Waals surface area (Å²) >= 11 is 0. The highest BCUT2D eigenvalue weighted by Crippen LogP contribution is 2.30. The van der Waals surface area contributed by atoms with Crippen molar-refractivity contribution in [3.8, 4) is 0 Å². The number of nitrogens with zero attached hydrogens (tertiary/aromatic N) is 3. The Morgan fingerprint density at radius 2 is 1.24 bits per heavy atom. The van der Waals surface area contributed by atoms with Gasteiger partial charge >= 0.3 is 0 Å². The van der Waals surface area contributed by atoms with E-state index in [9.17, 15) is 24.0 Å². The van der Waals surface area contributed by atoms with E-state index in [1.807, 2.05) is 0 Å². The molecule has 42 heavy (non-hydrogen) atoms. The zero-order valence-corrected chi connectivity index (χ0v) is 24.8. The summed E-state index contributed by atoms with van der Waals surface area (Å²) < 4.78 is 21.9. The molecule has 0 aromatic rings. The lowest BCUT2D eigenvalue weighted by Crippen LogP contribution is -2.50. The van der Waals surface area contributed by atoms with Gasteiger partial charge in [-0.1, -0.05) is 0 Å². The fraction of sp³-hybridized carbons (Fsp3) is 0.759. The Kier molecular flexibility index (Phi) is 14.9. The van der Waals surface area contributed by atoms with Gasteiger partial charge in [0.15, 0.2) is 0 Å². The number of nitrogens with one attached hydrogen (secondary N) is 1. The summed E-state index contributed by atoms with van der Waals surface area (Å²) in [4.78, 5) is 64.2. The second-order valence-corrected chi connectivity index (χ2v) is 10.7. The minimum Gasteiger partial charge on any atom is -0.379 e. The van der Waals surface area contributed by atoms with Crippen LogP contribution in [0.15, 0.2) is 12.2 Å². The molecule has 3 rings (SSSR count). The number of rotatable bonds is 18. The number of amides is 5. The van der Waals surface area contributed by atoms with Crippen molar-refractivity contribution < 1.29 is 42.9 Å². The first kappa shape index (κ1) is 33.6. The summed E-state index contributed by atoms with van der Waals surface area (Å²) in [6.45, 7) is 8.01. The van der Waals surface area contributed by atoms with Gasteiger partial charge in [0.1, 0.15) is 0 Å². The summed E-state index contributed by atoms with van der Waals surface area (Å²) in [5.41, 5.74) is 0. The van der Waals surface area contributed by atoms with Crippen molar-refractivity contribution in [1.29, 1.82) is 0 Å². The first-order valence-corrected chi connectivity index (χ1v) is 15.0. The third-order valence-corrected chi connectivity index (χ3v) is 7.76. The Bertz CT molecular complexity index is 910. The third-order valence-electron chi connectivity index (χ3n) is 7.76. The van der Waals surface area contributed by atoms with E-state index < -0.39 is 0 Å². The maximum atomic E-state index is 12.4. The van der Waals surface area contributed by atoms with Gasteiger partial charge in [-0.05, 0) is 31.6 Å². The number of carbonyl (C=O) groups excluding carboxylic acids is 5. The molecule has 0 aromatic carbocycles. The van der Waals surface area contributed by atoms with E-state index in [1.54, 1.807) is 16.7 Å². The second-order valence-electron chi connectivity index (χ2n) is 10.7. The van der Waals surface area contributed by atoms with Gasteiger partial charge in [0.05, 0.1) is 59.3 Å². The maximum Gasteiger partial charge on any atom is 0.253 e. The lowest BCUT2D eigenvalue weighted by Gasteiger charge is -2.34. The highest BCUT2D eigenvalue weighted by molar-refractivity contribution is 6.12. The van der Waals surface area contributed by atoms with Gasteiger partial charge in [-0.25, -0.2) is 0 Å². The molecule has 13 nitrogen and oxygen atoms in total. The molecule has 13 heteroatoms. The molecule has 2 aliphatic heterocycles. The predicted molar refractivity (Wildman–Crippen MR) is 151 cm³/mol. The fourth-order valence-corrected chi connectivity index (χ4v) is 5.22. The summed E-state index contributed by atoms with van der Waals surface area (Å²) in [6.07, 6.45) is 6.09. The van der Waals surface area contributed by atoms with Crippen molar-refractivity contribution in [1.82, 2.24) is 20.0 Å². The highest BCUT2D eigenvalue weighted by atomic mass is 16.6. The quantitative estimate of drug-likeness (QED) is 0.171. The molecule has 1 N–H and O–H groups in total. The monoisotopic (exact) mass is 594 g/mol. The summed E-state index contributed by atoms with van der Waals surface area (Å²) in [5, 5.41) is 2.92. The molecule has 1 saturated carbocycles. The normalized spacial score (nSPS) is 20.8. The smallest absolute Gasteiger partial charge is 0.253 e. The number of hydrogen-bond acceptors (Lipinski definition) is 9. The fourth-order valence-electron chi connectivity index (χ4n) is 5.22. The van der Waals surface area contributed by atoms with E-state index in [0.29, 0.717) is 98.5 Å². The zero-order chi connectivity index (χ0) is 30.2. The highest BCUT2D eigenvalue weighted by Gasteiger charge is 2.31. The van der Waals surface area contributed by atoms with E-state index in [4.69, 9.17) is 18.9 Å². The molecule has 0 unspecified atom stereocenters. The van der Waals surface area contributed by atoms with Gasteiger partial charge in [-0.3, -0.25) is 28.9 Å². The Hall–Kier alpha value is -2.87. The van der Waals surface area contributed by atoms with Gasteiger partial charge in [-0.15, -0.1) is 0 Å². The van der Waals surface area contributed by atoms with Crippen molar-refractivity contribution in [2.45, 2.75) is 39.0 Å². The minimum absolute atomic E-state index is 0.0280. The molecule has 2 heterocycles. The molecule has 0 atom stereocenters. The number of carbonyl (C=O) groups is 5. The SMILES string of the molecule is CC(=O)N1CCN(C(=O)CCOCCOCCOCCOCCNC(=O)C2CCC(CN3C(=O)C=CC3=O)CC2)CC1. The molecule has 0 bridgehead atoms. The summed E-state index contributed by atoms with van der Waals surface area (Å²) in [6, 6.07) is 0.